The van der Waals surface area contributed by atoms with Crippen LogP contribution in [0.2, 0.25) is 0 Å². The maximum atomic E-state index is 14.0. The minimum Gasteiger partial charge on any atom is -0.456 e. The number of ether oxygens (including phenoxy) is 4. The summed E-state index contributed by atoms with van der Waals surface area (Å²) in [4.78, 5) is 43.2. The van der Waals surface area contributed by atoms with Crippen LogP contribution in [0.5, 0.6) is 0 Å². The lowest BCUT2D eigenvalue weighted by Crippen LogP contribution is -2.55. The number of carbonyl (C=O) groups excluding carboxylic acids is 3. The molecule has 0 saturated carbocycles. The van der Waals surface area contributed by atoms with Crippen molar-refractivity contribution in [2.45, 2.75) is 31.8 Å². The van der Waals surface area contributed by atoms with Gasteiger partial charge in [0.15, 0.2) is 12.0 Å². The number of carbonyl (C=O) groups is 3. The number of nitrogens with zero attached hydrogens (tertiary/aromatic N) is 3. The van der Waals surface area contributed by atoms with Gasteiger partial charge < -0.3 is 44.1 Å². The van der Waals surface area contributed by atoms with Crippen LogP contribution in [0, 0.1) is 11.6 Å². The molecule has 1 aromatic carbocycles. The Kier molecular flexibility index (Phi) is 7.68. The number of benzene rings is 1. The zero-order chi connectivity index (χ0) is 27.7. The lowest BCUT2D eigenvalue weighted by molar-refractivity contribution is -0.141. The fourth-order valence-corrected chi connectivity index (χ4v) is 4.80. The molecule has 210 valence electrons. The molecule has 12 nitrogen and oxygen atoms in total. The monoisotopic (exact) mass is 550 g/mol. The molecule has 2 N–H and O–H groups in total. The fourth-order valence-electron chi connectivity index (χ4n) is 4.80. The van der Waals surface area contributed by atoms with E-state index in [0.717, 1.165) is 6.07 Å². The fraction of sp³-hybridized carbons (Fsp3) is 0.480. The van der Waals surface area contributed by atoms with Crippen LogP contribution >= 0.6 is 0 Å². The normalized spacial score (nSPS) is 24.7. The molecule has 3 fully saturated rings. The summed E-state index contributed by atoms with van der Waals surface area (Å²) in [7, 11) is 0. The second-order valence-electron chi connectivity index (χ2n) is 9.39. The second-order valence-corrected chi connectivity index (χ2v) is 9.39. The summed E-state index contributed by atoms with van der Waals surface area (Å²) in [5.74, 6) is -3.11. The standard InChI is InChI=1S/C25H28F2N4O8/c1-14-12-37-19-11-30-10-17(23(33)28-9-15-2-3-16(26)8-18(15)27)21(32)22(20(30)24(34)31(14)19)38-13-39-25(35)29-4-6-36-7-5-29/h2-3,8,10,14,19,21,32H,4-7,9,11-13H2,1H3,(H,28,33). The number of aliphatic hydroxyl groups is 1. The number of morpholine rings is 1. The molecule has 3 amide bonds. The minimum atomic E-state index is -1.70. The van der Waals surface area contributed by atoms with Gasteiger partial charge in [-0.15, -0.1) is 0 Å². The van der Waals surface area contributed by atoms with E-state index >= 15 is 0 Å². The van der Waals surface area contributed by atoms with Gasteiger partial charge in [0.05, 0.1) is 38.0 Å². The van der Waals surface area contributed by atoms with Crippen molar-refractivity contribution in [3.8, 4) is 0 Å². The van der Waals surface area contributed by atoms with Gasteiger partial charge in [0, 0.05) is 37.5 Å². The number of amides is 3. The molecule has 39 heavy (non-hydrogen) atoms. The van der Waals surface area contributed by atoms with E-state index < -0.39 is 48.7 Å². The maximum absolute atomic E-state index is 14.0. The summed E-state index contributed by atoms with van der Waals surface area (Å²) in [6.45, 7) is 2.81. The maximum Gasteiger partial charge on any atom is 0.412 e. The molecule has 0 aromatic heterocycles. The molecule has 5 rings (SSSR count). The second kappa shape index (κ2) is 11.2. The highest BCUT2D eigenvalue weighted by Crippen LogP contribution is 2.35. The molecule has 4 heterocycles. The molecular weight excluding hydrogens is 522 g/mol. The van der Waals surface area contributed by atoms with E-state index in [1.807, 2.05) is 6.92 Å². The van der Waals surface area contributed by atoms with Gasteiger partial charge in [-0.3, -0.25) is 9.59 Å². The molecule has 3 atom stereocenters. The van der Waals surface area contributed by atoms with E-state index in [2.05, 4.69) is 5.32 Å². The first-order valence-corrected chi connectivity index (χ1v) is 12.4. The summed E-state index contributed by atoms with van der Waals surface area (Å²) >= 11 is 0. The van der Waals surface area contributed by atoms with Gasteiger partial charge in [-0.2, -0.15) is 0 Å². The Balaban J connectivity index is 1.34. The van der Waals surface area contributed by atoms with Crippen LogP contribution in [-0.2, 0) is 35.1 Å². The summed E-state index contributed by atoms with van der Waals surface area (Å²) in [5, 5.41) is 13.6. The van der Waals surface area contributed by atoms with Crippen LogP contribution in [0.1, 0.15) is 12.5 Å². The van der Waals surface area contributed by atoms with E-state index in [1.165, 1.54) is 27.0 Å². The van der Waals surface area contributed by atoms with Crippen LogP contribution in [-0.4, -0.2) is 102 Å². The zero-order valence-corrected chi connectivity index (χ0v) is 21.1. The number of piperazine rings is 1. The molecule has 3 unspecified atom stereocenters. The summed E-state index contributed by atoms with van der Waals surface area (Å²) < 4.78 is 49.0. The number of halogens is 2. The SMILES string of the molecule is CC1COC2CN3C=C(C(=O)NCc4ccc(F)cc4F)C(O)C(OCOC(=O)N4CCOCC4)=C3C(=O)N12. The van der Waals surface area contributed by atoms with Crippen molar-refractivity contribution in [1.82, 2.24) is 20.0 Å². The third-order valence-corrected chi connectivity index (χ3v) is 6.85. The van der Waals surface area contributed by atoms with Crippen LogP contribution in [0.3, 0.4) is 0 Å². The first-order valence-electron chi connectivity index (χ1n) is 12.4. The van der Waals surface area contributed by atoms with Crippen LogP contribution in [0.15, 0.2) is 41.4 Å². The van der Waals surface area contributed by atoms with Crippen molar-refractivity contribution in [2.24, 2.45) is 0 Å². The van der Waals surface area contributed by atoms with Crippen molar-refractivity contribution >= 4 is 17.9 Å². The quantitative estimate of drug-likeness (QED) is 0.483. The summed E-state index contributed by atoms with van der Waals surface area (Å²) in [6.07, 6.45) is -1.63. The summed E-state index contributed by atoms with van der Waals surface area (Å²) in [5.41, 5.74) is -0.168. The average molecular weight is 551 g/mol. The van der Waals surface area contributed by atoms with Crippen molar-refractivity contribution < 1.29 is 47.2 Å². The highest BCUT2D eigenvalue weighted by atomic mass is 19.1. The van der Waals surface area contributed by atoms with Gasteiger partial charge in [0.1, 0.15) is 23.4 Å². The molecule has 1 aromatic rings. The van der Waals surface area contributed by atoms with E-state index in [4.69, 9.17) is 18.9 Å². The Hall–Kier alpha value is -3.75. The highest BCUT2D eigenvalue weighted by molar-refractivity contribution is 5.99. The van der Waals surface area contributed by atoms with E-state index in [-0.39, 0.29) is 41.7 Å². The van der Waals surface area contributed by atoms with Crippen LogP contribution < -0.4 is 5.32 Å². The molecule has 0 aliphatic carbocycles. The number of nitrogens with one attached hydrogen (secondary N) is 1. The van der Waals surface area contributed by atoms with Gasteiger partial charge in [0.2, 0.25) is 6.79 Å². The molecule has 0 spiro atoms. The predicted molar refractivity (Wildman–Crippen MR) is 127 cm³/mol. The largest absolute Gasteiger partial charge is 0.456 e. The van der Waals surface area contributed by atoms with Gasteiger partial charge in [-0.05, 0) is 13.0 Å². The smallest absolute Gasteiger partial charge is 0.412 e. The molecule has 3 saturated heterocycles. The molecule has 0 bridgehead atoms. The van der Waals surface area contributed by atoms with E-state index in [1.54, 1.807) is 0 Å². The Labute approximate surface area is 222 Å². The Morgan fingerprint density at radius 3 is 2.74 bits per heavy atom. The topological polar surface area (TPSA) is 130 Å². The minimum absolute atomic E-state index is 0.0142. The van der Waals surface area contributed by atoms with Crippen molar-refractivity contribution in [1.29, 1.82) is 0 Å². The lowest BCUT2D eigenvalue weighted by atomic mass is 9.99. The lowest BCUT2D eigenvalue weighted by Gasteiger charge is -2.42. The molecule has 14 heteroatoms. The number of rotatable bonds is 6. The Bertz CT molecular complexity index is 1220. The third kappa shape index (κ3) is 5.40. The van der Waals surface area contributed by atoms with Gasteiger partial charge in [-0.25, -0.2) is 13.6 Å². The first-order chi connectivity index (χ1) is 18.7. The highest BCUT2D eigenvalue weighted by Gasteiger charge is 2.48. The van der Waals surface area contributed by atoms with Crippen molar-refractivity contribution in [3.63, 3.8) is 0 Å². The number of fused-ring (bicyclic) bond motifs is 2. The van der Waals surface area contributed by atoms with Crippen LogP contribution in [0.4, 0.5) is 13.6 Å². The Morgan fingerprint density at radius 1 is 1.23 bits per heavy atom. The van der Waals surface area contributed by atoms with E-state index in [0.29, 0.717) is 39.0 Å². The molecule has 0 radical (unpaired) electrons. The first kappa shape index (κ1) is 26.8. The third-order valence-electron chi connectivity index (χ3n) is 6.85. The number of hydrogen-bond acceptors (Lipinski definition) is 9. The van der Waals surface area contributed by atoms with Crippen LogP contribution in [0.25, 0.3) is 0 Å². The van der Waals surface area contributed by atoms with Gasteiger partial charge in [-0.1, -0.05) is 6.07 Å². The molecule has 4 aliphatic heterocycles. The number of hydrogen-bond donors (Lipinski definition) is 2. The van der Waals surface area contributed by atoms with Gasteiger partial charge in [0.25, 0.3) is 11.8 Å². The number of aliphatic hydroxyl groups excluding tert-OH is 1. The van der Waals surface area contributed by atoms with Gasteiger partial charge >= 0.3 is 6.09 Å². The van der Waals surface area contributed by atoms with Crippen molar-refractivity contribution in [3.05, 3.63) is 58.6 Å². The molecular formula is C25H28F2N4O8. The zero-order valence-electron chi connectivity index (χ0n) is 21.1. The average Bonchev–Trinajstić information content (AvgIpc) is 3.30. The predicted octanol–water partition coefficient (Wildman–Crippen LogP) is 0.383. The van der Waals surface area contributed by atoms with Crippen molar-refractivity contribution in [2.75, 3.05) is 46.2 Å². The molecule has 4 aliphatic rings. The Morgan fingerprint density at radius 2 is 2.00 bits per heavy atom. The summed E-state index contributed by atoms with van der Waals surface area (Å²) in [6, 6.07) is 2.73. The van der Waals surface area contributed by atoms with E-state index in [9.17, 15) is 28.3 Å².